The quantitative estimate of drug-likeness (QED) is 0.159. The number of hydrogen-bond acceptors (Lipinski definition) is 3. The Bertz CT molecular complexity index is 2840. The lowest BCUT2D eigenvalue weighted by atomic mass is 9.89. The van der Waals surface area contributed by atoms with E-state index in [-0.39, 0.29) is 0 Å². The molecule has 1 aliphatic heterocycles. The summed E-state index contributed by atoms with van der Waals surface area (Å²) in [5.41, 5.74) is 14.2. The minimum absolute atomic E-state index is 0.647. The van der Waals surface area contributed by atoms with Gasteiger partial charge in [0.05, 0.1) is 0 Å². The van der Waals surface area contributed by atoms with Crippen molar-refractivity contribution in [1.29, 1.82) is 0 Å². The third-order valence-electron chi connectivity index (χ3n) is 11.7. The van der Waals surface area contributed by atoms with E-state index in [2.05, 4.69) is 178 Å². The van der Waals surface area contributed by atoms with Crippen LogP contribution in [0.3, 0.4) is 0 Å². The zero-order valence-electron chi connectivity index (χ0n) is 32.8. The van der Waals surface area contributed by atoms with Crippen LogP contribution in [0.1, 0.15) is 16.7 Å². The smallest absolute Gasteiger partial charge is 0.180 e. The van der Waals surface area contributed by atoms with Gasteiger partial charge in [-0.25, -0.2) is 15.0 Å². The second kappa shape index (κ2) is 14.5. The van der Waals surface area contributed by atoms with E-state index < -0.39 is 8.07 Å². The molecule has 1 aromatic heterocycles. The summed E-state index contributed by atoms with van der Waals surface area (Å²) in [6, 6.07) is 70.8. The molecule has 0 spiro atoms. The fourth-order valence-electron chi connectivity index (χ4n) is 9.32. The van der Waals surface area contributed by atoms with E-state index in [0.29, 0.717) is 17.5 Å². The zero-order valence-corrected chi connectivity index (χ0v) is 33.8. The second-order valence-corrected chi connectivity index (χ2v) is 19.1. The highest BCUT2D eigenvalue weighted by Crippen LogP contribution is 2.40. The van der Waals surface area contributed by atoms with E-state index in [1.54, 1.807) is 0 Å². The van der Waals surface area contributed by atoms with Crippen LogP contribution >= 0.6 is 0 Å². The van der Waals surface area contributed by atoms with Crippen LogP contribution in [-0.4, -0.2) is 23.0 Å². The molecule has 8 aromatic carbocycles. The van der Waals surface area contributed by atoms with Crippen LogP contribution in [-0.2, 0) is 0 Å². The molecule has 0 N–H and O–H groups in total. The molecule has 58 heavy (non-hydrogen) atoms. The maximum Gasteiger partial charge on any atom is 0.180 e. The van der Waals surface area contributed by atoms with Crippen LogP contribution in [0, 0.1) is 20.8 Å². The summed E-state index contributed by atoms with van der Waals surface area (Å²) in [6.07, 6.45) is 0. The van der Waals surface area contributed by atoms with Crippen molar-refractivity contribution >= 4 is 28.8 Å². The molecule has 0 radical (unpaired) electrons. The summed E-state index contributed by atoms with van der Waals surface area (Å²) >= 11 is 0. The lowest BCUT2D eigenvalue weighted by Crippen LogP contribution is -2.75. The molecular formula is C54H41N3Si. The topological polar surface area (TPSA) is 38.7 Å². The van der Waals surface area contributed by atoms with E-state index in [1.807, 2.05) is 36.4 Å². The molecule has 0 amide bonds. The Morgan fingerprint density at radius 3 is 1.17 bits per heavy atom. The van der Waals surface area contributed by atoms with Crippen molar-refractivity contribution in [3.8, 4) is 67.5 Å². The van der Waals surface area contributed by atoms with Crippen LogP contribution in [0.5, 0.6) is 0 Å². The predicted octanol–water partition coefficient (Wildman–Crippen LogP) is 10.5. The van der Waals surface area contributed by atoms with Crippen molar-refractivity contribution in [1.82, 2.24) is 15.0 Å². The van der Waals surface area contributed by atoms with E-state index in [4.69, 9.17) is 15.0 Å². The number of rotatable bonds is 6. The van der Waals surface area contributed by atoms with E-state index >= 15 is 0 Å². The largest absolute Gasteiger partial charge is 0.208 e. The van der Waals surface area contributed by atoms with Gasteiger partial charge in [-0.15, -0.1) is 0 Å². The molecule has 3 nitrogen and oxygen atoms in total. The Balaban J connectivity index is 1.30. The normalized spacial score (nSPS) is 12.5. The van der Waals surface area contributed by atoms with Crippen molar-refractivity contribution in [3.05, 3.63) is 211 Å². The standard InChI is InChI=1S/C54H41N3Si/c1-36-32-37(2)51(38(3)33-36)41-28-30-49-47(34-41)45-26-16-17-27-46(45)48-35-42(29-31-50(48)58(49,43-22-12-6-13-23-43)44-24-14-7-15-25-44)54-56-52(39-18-8-4-9-19-39)55-53(57-54)40-20-10-5-11-21-40/h4-35H,1-3H3. The molecule has 0 saturated carbocycles. The number of nitrogens with zero attached hydrogens (tertiary/aromatic N) is 3. The van der Waals surface area contributed by atoms with Crippen molar-refractivity contribution in [2.75, 3.05) is 0 Å². The molecule has 0 saturated heterocycles. The molecule has 10 rings (SSSR count). The van der Waals surface area contributed by atoms with Gasteiger partial charge in [0.2, 0.25) is 0 Å². The van der Waals surface area contributed by atoms with E-state index in [9.17, 15) is 0 Å². The zero-order chi connectivity index (χ0) is 39.2. The third-order valence-corrected chi connectivity index (χ3v) is 16.6. The maximum absolute atomic E-state index is 5.18. The average molecular weight is 760 g/mol. The van der Waals surface area contributed by atoms with Gasteiger partial charge in [-0.2, -0.15) is 0 Å². The fraction of sp³-hybridized carbons (Fsp3) is 0.0556. The summed E-state index contributed by atoms with van der Waals surface area (Å²) in [6.45, 7) is 6.67. The lowest BCUT2D eigenvalue weighted by molar-refractivity contribution is 1.07. The monoisotopic (exact) mass is 759 g/mol. The van der Waals surface area contributed by atoms with Crippen LogP contribution in [0.25, 0.3) is 67.5 Å². The van der Waals surface area contributed by atoms with Gasteiger partial charge >= 0.3 is 0 Å². The van der Waals surface area contributed by atoms with Crippen LogP contribution in [0.4, 0.5) is 0 Å². The van der Waals surface area contributed by atoms with E-state index in [1.165, 1.54) is 70.8 Å². The van der Waals surface area contributed by atoms with Crippen molar-refractivity contribution in [2.24, 2.45) is 0 Å². The summed E-state index contributed by atoms with van der Waals surface area (Å²) in [5.74, 6) is 1.95. The molecule has 9 aromatic rings. The van der Waals surface area contributed by atoms with Gasteiger partial charge in [0.1, 0.15) is 0 Å². The molecule has 2 heterocycles. The van der Waals surface area contributed by atoms with Crippen molar-refractivity contribution < 1.29 is 0 Å². The molecule has 0 aliphatic carbocycles. The summed E-state index contributed by atoms with van der Waals surface area (Å²) in [5, 5.41) is 5.42. The van der Waals surface area contributed by atoms with Crippen LogP contribution < -0.4 is 20.7 Å². The molecule has 0 bridgehead atoms. The molecular weight excluding hydrogens is 719 g/mol. The Labute approximate surface area is 341 Å². The van der Waals surface area contributed by atoms with Gasteiger partial charge < -0.3 is 0 Å². The van der Waals surface area contributed by atoms with Crippen LogP contribution in [0.15, 0.2) is 194 Å². The fourth-order valence-corrected chi connectivity index (χ4v) is 14.5. The molecule has 276 valence electrons. The van der Waals surface area contributed by atoms with Crippen LogP contribution in [0.2, 0.25) is 0 Å². The van der Waals surface area contributed by atoms with Gasteiger partial charge in [-0.1, -0.05) is 188 Å². The summed E-state index contributed by atoms with van der Waals surface area (Å²) in [7, 11) is -2.99. The molecule has 0 atom stereocenters. The lowest BCUT2D eigenvalue weighted by Gasteiger charge is -2.36. The van der Waals surface area contributed by atoms with Gasteiger partial charge in [0, 0.05) is 16.7 Å². The molecule has 1 aliphatic rings. The van der Waals surface area contributed by atoms with Crippen molar-refractivity contribution in [3.63, 3.8) is 0 Å². The maximum atomic E-state index is 5.18. The Kier molecular flexibility index (Phi) is 8.84. The minimum Gasteiger partial charge on any atom is -0.208 e. The third kappa shape index (κ3) is 5.92. The summed E-state index contributed by atoms with van der Waals surface area (Å²) < 4.78 is 0. The SMILES string of the molecule is Cc1cc(C)c(-c2ccc3c(c2)-c2ccccc2-c2cc(-c4nc(-c5ccccc5)nc(-c5ccccc5)n4)ccc2[Si]3(c2ccccc2)c2ccccc2)c(C)c1. The number of aryl methyl sites for hydroxylation is 3. The Hall–Kier alpha value is -7.01. The predicted molar refractivity (Wildman–Crippen MR) is 244 cm³/mol. The first kappa shape index (κ1) is 35.4. The number of aromatic nitrogens is 3. The highest BCUT2D eigenvalue weighted by Gasteiger charge is 2.46. The molecule has 0 unspecified atom stereocenters. The minimum atomic E-state index is -2.99. The highest BCUT2D eigenvalue weighted by molar-refractivity contribution is 7.21. The van der Waals surface area contributed by atoms with E-state index in [0.717, 1.165) is 16.7 Å². The highest BCUT2D eigenvalue weighted by atomic mass is 28.3. The summed E-state index contributed by atoms with van der Waals surface area (Å²) in [4.78, 5) is 15.4. The van der Waals surface area contributed by atoms with Crippen molar-refractivity contribution in [2.45, 2.75) is 20.8 Å². The first-order chi connectivity index (χ1) is 28.5. The van der Waals surface area contributed by atoms with Gasteiger partial charge in [0.25, 0.3) is 0 Å². The number of fused-ring (bicyclic) bond motifs is 5. The molecule has 0 fully saturated rings. The molecule has 4 heteroatoms. The first-order valence-electron chi connectivity index (χ1n) is 19.9. The van der Waals surface area contributed by atoms with Gasteiger partial charge in [-0.3, -0.25) is 0 Å². The number of hydrogen-bond donors (Lipinski definition) is 0. The first-order valence-corrected chi connectivity index (χ1v) is 21.9. The van der Waals surface area contributed by atoms with Gasteiger partial charge in [0.15, 0.2) is 25.5 Å². The second-order valence-electron chi connectivity index (χ2n) is 15.4. The number of benzene rings is 8. The van der Waals surface area contributed by atoms with Gasteiger partial charge in [-0.05, 0) is 98.2 Å². The Morgan fingerprint density at radius 2 is 0.707 bits per heavy atom. The average Bonchev–Trinajstić information content (AvgIpc) is 3.38. The Morgan fingerprint density at radius 1 is 0.328 bits per heavy atom.